The summed E-state index contributed by atoms with van der Waals surface area (Å²) in [4.78, 5) is 12.8. The molecular formula is C21H26F2N2O3S. The molecule has 0 saturated carbocycles. The molecule has 0 radical (unpaired) electrons. The van der Waals surface area contributed by atoms with E-state index in [1.807, 2.05) is 39.8 Å². The van der Waals surface area contributed by atoms with Crippen LogP contribution >= 0.6 is 0 Å². The summed E-state index contributed by atoms with van der Waals surface area (Å²) in [5, 5.41) is 2.82. The molecule has 2 aromatic carbocycles. The van der Waals surface area contributed by atoms with E-state index in [9.17, 15) is 22.0 Å². The highest BCUT2D eigenvalue weighted by atomic mass is 32.2. The Hall–Kier alpha value is -2.48. The topological polar surface area (TPSA) is 66.5 Å². The minimum absolute atomic E-state index is 0.121. The van der Waals surface area contributed by atoms with Crippen molar-refractivity contribution in [2.75, 3.05) is 10.6 Å². The van der Waals surface area contributed by atoms with Crippen molar-refractivity contribution in [3.63, 3.8) is 0 Å². The molecule has 0 aliphatic heterocycles. The number of anilines is 1. The van der Waals surface area contributed by atoms with Crippen LogP contribution < -0.4 is 9.62 Å². The van der Waals surface area contributed by atoms with Gasteiger partial charge in [-0.2, -0.15) is 0 Å². The molecule has 0 saturated heterocycles. The van der Waals surface area contributed by atoms with Crippen LogP contribution in [0.5, 0.6) is 0 Å². The Labute approximate surface area is 170 Å². The molecule has 2 rings (SSSR count). The van der Waals surface area contributed by atoms with Crippen LogP contribution in [-0.2, 0) is 14.8 Å². The zero-order chi connectivity index (χ0) is 22.1. The van der Waals surface area contributed by atoms with Crippen molar-refractivity contribution in [3.8, 4) is 0 Å². The Balaban J connectivity index is 2.32. The minimum atomic E-state index is -3.93. The molecule has 2 atom stereocenters. The van der Waals surface area contributed by atoms with E-state index in [0.717, 1.165) is 51.0 Å². The van der Waals surface area contributed by atoms with Gasteiger partial charge in [-0.25, -0.2) is 17.2 Å². The SMILES string of the molecule is Cc1cc(C)c([C@H](C)NC(=O)[C@@H](C)N(c2ccc(F)c(F)c2)S(C)(=O)=O)cc1C. The highest BCUT2D eigenvalue weighted by Crippen LogP contribution is 2.25. The first-order valence-electron chi connectivity index (χ1n) is 9.15. The van der Waals surface area contributed by atoms with Crippen LogP contribution in [0.1, 0.15) is 42.1 Å². The van der Waals surface area contributed by atoms with Crippen molar-refractivity contribution in [2.24, 2.45) is 0 Å². The molecule has 0 aliphatic rings. The van der Waals surface area contributed by atoms with E-state index < -0.39 is 33.6 Å². The molecule has 0 aromatic heterocycles. The van der Waals surface area contributed by atoms with Crippen molar-refractivity contribution in [2.45, 2.75) is 46.7 Å². The molecule has 1 amide bonds. The number of benzene rings is 2. The van der Waals surface area contributed by atoms with E-state index in [0.29, 0.717) is 0 Å². The van der Waals surface area contributed by atoms with Crippen molar-refractivity contribution >= 4 is 21.6 Å². The van der Waals surface area contributed by atoms with Crippen LogP contribution in [0, 0.1) is 32.4 Å². The highest BCUT2D eigenvalue weighted by molar-refractivity contribution is 7.92. The van der Waals surface area contributed by atoms with Gasteiger partial charge in [0, 0.05) is 6.07 Å². The number of rotatable bonds is 6. The number of carbonyl (C=O) groups is 1. The molecule has 2 aromatic rings. The third-order valence-corrected chi connectivity index (χ3v) is 6.20. The molecule has 1 N–H and O–H groups in total. The van der Waals surface area contributed by atoms with E-state index in [2.05, 4.69) is 5.32 Å². The van der Waals surface area contributed by atoms with Gasteiger partial charge in [-0.1, -0.05) is 12.1 Å². The lowest BCUT2D eigenvalue weighted by Gasteiger charge is -2.29. The maximum absolute atomic E-state index is 13.6. The van der Waals surface area contributed by atoms with Gasteiger partial charge in [0.2, 0.25) is 15.9 Å². The number of hydrogen-bond donors (Lipinski definition) is 1. The number of amides is 1. The van der Waals surface area contributed by atoms with Gasteiger partial charge in [-0.3, -0.25) is 9.10 Å². The van der Waals surface area contributed by atoms with E-state index in [4.69, 9.17) is 0 Å². The van der Waals surface area contributed by atoms with Gasteiger partial charge in [0.1, 0.15) is 6.04 Å². The highest BCUT2D eigenvalue weighted by Gasteiger charge is 2.30. The number of nitrogens with one attached hydrogen (secondary N) is 1. The normalized spacial score (nSPS) is 13.7. The Kier molecular flexibility index (Phi) is 6.67. The van der Waals surface area contributed by atoms with E-state index >= 15 is 0 Å². The molecule has 0 unspecified atom stereocenters. The number of aryl methyl sites for hydroxylation is 3. The third-order valence-electron chi connectivity index (χ3n) is 4.95. The fourth-order valence-electron chi connectivity index (χ4n) is 3.29. The lowest BCUT2D eigenvalue weighted by atomic mass is 9.96. The van der Waals surface area contributed by atoms with Gasteiger partial charge >= 0.3 is 0 Å². The third kappa shape index (κ3) is 5.12. The lowest BCUT2D eigenvalue weighted by molar-refractivity contribution is -0.122. The number of carbonyl (C=O) groups excluding carboxylic acids is 1. The summed E-state index contributed by atoms with van der Waals surface area (Å²) in [6, 6.07) is 5.20. The first-order valence-corrected chi connectivity index (χ1v) is 11.0. The van der Waals surface area contributed by atoms with Crippen LogP contribution in [0.4, 0.5) is 14.5 Å². The smallest absolute Gasteiger partial charge is 0.244 e. The van der Waals surface area contributed by atoms with Crippen molar-refractivity contribution < 1.29 is 22.0 Å². The quantitative estimate of drug-likeness (QED) is 0.764. The molecular weight excluding hydrogens is 398 g/mol. The maximum atomic E-state index is 13.6. The summed E-state index contributed by atoms with van der Waals surface area (Å²) in [6.07, 6.45) is 0.912. The summed E-state index contributed by atoms with van der Waals surface area (Å²) < 4.78 is 52.3. The Bertz CT molecular complexity index is 1040. The molecule has 0 aliphatic carbocycles. The van der Waals surface area contributed by atoms with E-state index in [1.165, 1.54) is 6.92 Å². The monoisotopic (exact) mass is 424 g/mol. The van der Waals surface area contributed by atoms with Gasteiger partial charge in [-0.15, -0.1) is 0 Å². The van der Waals surface area contributed by atoms with Crippen molar-refractivity contribution in [1.82, 2.24) is 5.32 Å². The van der Waals surface area contributed by atoms with Crippen LogP contribution in [-0.4, -0.2) is 26.6 Å². The van der Waals surface area contributed by atoms with Crippen LogP contribution in [0.3, 0.4) is 0 Å². The van der Waals surface area contributed by atoms with Gasteiger partial charge in [0.05, 0.1) is 18.0 Å². The van der Waals surface area contributed by atoms with E-state index in [1.54, 1.807) is 0 Å². The average Bonchev–Trinajstić information content (AvgIpc) is 2.59. The Morgan fingerprint density at radius 3 is 2.10 bits per heavy atom. The predicted molar refractivity (Wildman–Crippen MR) is 110 cm³/mol. The number of sulfonamides is 1. The Morgan fingerprint density at radius 1 is 0.966 bits per heavy atom. The van der Waals surface area contributed by atoms with Gasteiger partial charge in [-0.05, 0) is 69.0 Å². The second-order valence-electron chi connectivity index (χ2n) is 7.36. The largest absolute Gasteiger partial charge is 0.348 e. The Morgan fingerprint density at radius 2 is 1.55 bits per heavy atom. The first-order chi connectivity index (χ1) is 13.3. The summed E-state index contributed by atoms with van der Waals surface area (Å²) in [6.45, 7) is 9.13. The standard InChI is InChI=1S/C21H26F2N2O3S/c1-12-9-14(3)18(10-13(12)2)15(4)24-21(26)16(5)25(29(6,27)28)17-7-8-19(22)20(23)11-17/h7-11,15-16H,1-6H3,(H,24,26)/t15-,16+/m0/s1. The van der Waals surface area contributed by atoms with Crippen LogP contribution in [0.2, 0.25) is 0 Å². The van der Waals surface area contributed by atoms with Gasteiger partial charge in [0.25, 0.3) is 0 Å². The number of hydrogen-bond acceptors (Lipinski definition) is 3. The summed E-state index contributed by atoms with van der Waals surface area (Å²) >= 11 is 0. The molecule has 0 bridgehead atoms. The molecule has 8 heteroatoms. The molecule has 0 fully saturated rings. The average molecular weight is 425 g/mol. The fraction of sp³-hybridized carbons (Fsp3) is 0.381. The molecule has 158 valence electrons. The predicted octanol–water partition coefficient (Wildman–Crippen LogP) is 3.92. The first kappa shape index (κ1) is 22.8. The molecule has 0 spiro atoms. The zero-order valence-corrected chi connectivity index (χ0v) is 18.2. The molecule has 29 heavy (non-hydrogen) atoms. The van der Waals surface area contributed by atoms with E-state index in [-0.39, 0.29) is 11.7 Å². The molecule has 0 heterocycles. The van der Waals surface area contributed by atoms with Crippen molar-refractivity contribution in [3.05, 3.63) is 64.2 Å². The summed E-state index contributed by atoms with van der Waals surface area (Å²) in [5.74, 6) is -2.84. The fourth-order valence-corrected chi connectivity index (χ4v) is 4.46. The minimum Gasteiger partial charge on any atom is -0.348 e. The van der Waals surface area contributed by atoms with Gasteiger partial charge < -0.3 is 5.32 Å². The lowest BCUT2D eigenvalue weighted by Crippen LogP contribution is -2.48. The second-order valence-corrected chi connectivity index (χ2v) is 9.22. The van der Waals surface area contributed by atoms with Gasteiger partial charge in [0.15, 0.2) is 11.6 Å². The van der Waals surface area contributed by atoms with Crippen molar-refractivity contribution in [1.29, 1.82) is 0 Å². The number of halogens is 2. The second kappa shape index (κ2) is 8.49. The number of nitrogens with zero attached hydrogens (tertiary/aromatic N) is 1. The zero-order valence-electron chi connectivity index (χ0n) is 17.4. The van der Waals surface area contributed by atoms with Crippen LogP contribution in [0.25, 0.3) is 0 Å². The maximum Gasteiger partial charge on any atom is 0.244 e. The summed E-state index contributed by atoms with van der Waals surface area (Å²) in [7, 11) is -3.93. The summed E-state index contributed by atoms with van der Waals surface area (Å²) in [5.41, 5.74) is 4.03. The molecule has 5 nitrogen and oxygen atoms in total. The van der Waals surface area contributed by atoms with Crippen LogP contribution in [0.15, 0.2) is 30.3 Å².